The summed E-state index contributed by atoms with van der Waals surface area (Å²) in [7, 11) is 1.69. The molecule has 0 unspecified atom stereocenters. The van der Waals surface area contributed by atoms with Gasteiger partial charge in [-0.15, -0.1) is 10.2 Å². The second kappa shape index (κ2) is 6.50. The molecule has 0 bridgehead atoms. The van der Waals surface area contributed by atoms with Crippen LogP contribution < -0.4 is 0 Å². The highest BCUT2D eigenvalue weighted by Crippen LogP contribution is 2.25. The fraction of sp³-hybridized carbons (Fsp3) is 0.385. The minimum atomic E-state index is 0.623. The molecule has 0 aliphatic heterocycles. The van der Waals surface area contributed by atoms with Crippen molar-refractivity contribution in [3.05, 3.63) is 34.6 Å². The molecule has 0 spiro atoms. The summed E-state index contributed by atoms with van der Waals surface area (Å²) < 4.78 is 7.21. The Morgan fingerprint density at radius 2 is 2.16 bits per heavy atom. The van der Waals surface area contributed by atoms with Crippen LogP contribution in [-0.4, -0.2) is 28.5 Å². The highest BCUT2D eigenvalue weighted by Gasteiger charge is 2.14. The fourth-order valence-corrected chi connectivity index (χ4v) is 2.57. The number of rotatable bonds is 5. The minimum absolute atomic E-state index is 0.623. The van der Waals surface area contributed by atoms with Crippen molar-refractivity contribution in [3.8, 4) is 11.4 Å². The normalized spacial score (nSPS) is 10.9. The first-order valence-electron chi connectivity index (χ1n) is 5.91. The molecule has 2 rings (SSSR count). The number of hydrogen-bond donors (Lipinski definition) is 0. The Morgan fingerprint density at radius 3 is 2.79 bits per heavy atom. The van der Waals surface area contributed by atoms with Gasteiger partial charge in [0.15, 0.2) is 5.82 Å². The van der Waals surface area contributed by atoms with E-state index in [1.54, 1.807) is 7.11 Å². The predicted molar refractivity (Wildman–Crippen MR) is 79.7 cm³/mol. The van der Waals surface area contributed by atoms with E-state index in [0.717, 1.165) is 34.3 Å². The lowest BCUT2D eigenvalue weighted by Gasteiger charge is -2.10. The topological polar surface area (TPSA) is 39.9 Å². The van der Waals surface area contributed by atoms with Crippen LogP contribution in [0.2, 0.25) is 5.02 Å². The molecule has 102 valence electrons. The summed E-state index contributed by atoms with van der Waals surface area (Å²) in [4.78, 5) is 0. The van der Waals surface area contributed by atoms with E-state index in [4.69, 9.17) is 16.3 Å². The molecule has 0 N–H and O–H groups in total. The van der Waals surface area contributed by atoms with Crippen LogP contribution in [0.3, 0.4) is 0 Å². The average Bonchev–Trinajstić information content (AvgIpc) is 2.79. The number of aryl methyl sites for hydroxylation is 1. The van der Waals surface area contributed by atoms with Crippen molar-refractivity contribution < 1.29 is 4.74 Å². The third-order valence-corrected chi connectivity index (χ3v) is 3.63. The first kappa shape index (κ1) is 14.5. The molecular formula is C13H15BrClN3O. The van der Waals surface area contributed by atoms with Crippen LogP contribution in [0, 0.1) is 6.92 Å². The summed E-state index contributed by atoms with van der Waals surface area (Å²) >= 11 is 9.42. The Hall–Kier alpha value is -0.910. The van der Waals surface area contributed by atoms with E-state index < -0.39 is 0 Å². The van der Waals surface area contributed by atoms with Gasteiger partial charge in [-0.05, 0) is 30.7 Å². The quantitative estimate of drug-likeness (QED) is 0.780. The third-order valence-electron chi connectivity index (χ3n) is 2.90. The summed E-state index contributed by atoms with van der Waals surface area (Å²) in [5.74, 6) is 1.74. The monoisotopic (exact) mass is 343 g/mol. The number of hydrogen-bond acceptors (Lipinski definition) is 3. The van der Waals surface area contributed by atoms with Gasteiger partial charge in [0.05, 0.1) is 11.9 Å². The highest BCUT2D eigenvalue weighted by molar-refractivity contribution is 9.08. The van der Waals surface area contributed by atoms with Crippen LogP contribution in [-0.2, 0) is 16.6 Å². The van der Waals surface area contributed by atoms with E-state index >= 15 is 0 Å². The van der Waals surface area contributed by atoms with Crippen LogP contribution in [0.4, 0.5) is 0 Å². The molecule has 19 heavy (non-hydrogen) atoms. The summed E-state index contributed by atoms with van der Waals surface area (Å²) in [6.45, 7) is 3.36. The molecule has 6 heteroatoms. The van der Waals surface area contributed by atoms with Gasteiger partial charge in [-0.3, -0.25) is 0 Å². The maximum Gasteiger partial charge on any atom is 0.164 e. The van der Waals surface area contributed by atoms with Crippen LogP contribution in [0.1, 0.15) is 11.4 Å². The van der Waals surface area contributed by atoms with Crippen LogP contribution in [0.25, 0.3) is 11.4 Å². The maximum atomic E-state index is 5.99. The van der Waals surface area contributed by atoms with Crippen molar-refractivity contribution in [3.63, 3.8) is 0 Å². The molecule has 1 aromatic carbocycles. The Bertz CT molecular complexity index is 571. The van der Waals surface area contributed by atoms with E-state index in [0.29, 0.717) is 11.9 Å². The summed E-state index contributed by atoms with van der Waals surface area (Å²) in [5, 5.41) is 9.88. The number of nitrogens with zero attached hydrogens (tertiary/aromatic N) is 3. The largest absolute Gasteiger partial charge is 0.383 e. The van der Waals surface area contributed by atoms with Gasteiger partial charge in [-0.1, -0.05) is 27.5 Å². The van der Waals surface area contributed by atoms with Crippen LogP contribution >= 0.6 is 27.5 Å². The lowest BCUT2D eigenvalue weighted by atomic mass is 10.1. The molecule has 0 atom stereocenters. The molecule has 0 aliphatic rings. The molecule has 4 nitrogen and oxygen atoms in total. The summed E-state index contributed by atoms with van der Waals surface area (Å²) in [5.41, 5.74) is 2.12. The van der Waals surface area contributed by atoms with Gasteiger partial charge in [0, 0.05) is 24.2 Å². The Balaban J connectivity index is 2.46. The van der Waals surface area contributed by atoms with E-state index in [-0.39, 0.29) is 0 Å². The standard InChI is InChI=1S/C13H15BrClN3O/c1-9-7-10(15)3-4-11(9)13-17-16-12(8-14)18(13)5-6-19-2/h3-4,7H,5-6,8H2,1-2H3. The van der Waals surface area contributed by atoms with Gasteiger partial charge in [0.25, 0.3) is 0 Å². The molecule has 0 radical (unpaired) electrons. The molecule has 1 aromatic heterocycles. The van der Waals surface area contributed by atoms with E-state index in [9.17, 15) is 0 Å². The lowest BCUT2D eigenvalue weighted by Crippen LogP contribution is -2.09. The van der Waals surface area contributed by atoms with E-state index in [1.165, 1.54) is 0 Å². The van der Waals surface area contributed by atoms with Gasteiger partial charge in [0.1, 0.15) is 5.82 Å². The van der Waals surface area contributed by atoms with Gasteiger partial charge in [-0.25, -0.2) is 0 Å². The van der Waals surface area contributed by atoms with Crippen molar-refractivity contribution in [1.29, 1.82) is 0 Å². The first-order valence-corrected chi connectivity index (χ1v) is 7.40. The third kappa shape index (κ3) is 3.16. The Labute approximate surface area is 125 Å². The minimum Gasteiger partial charge on any atom is -0.383 e. The Kier molecular flexibility index (Phi) is 4.96. The first-order chi connectivity index (χ1) is 9.17. The number of benzene rings is 1. The molecule has 2 aromatic rings. The predicted octanol–water partition coefficient (Wildman–Crippen LogP) is 3.45. The Morgan fingerprint density at radius 1 is 1.37 bits per heavy atom. The summed E-state index contributed by atoms with van der Waals surface area (Å²) in [6.07, 6.45) is 0. The second-order valence-corrected chi connectivity index (χ2v) is 5.17. The number of ether oxygens (including phenoxy) is 1. The molecular weight excluding hydrogens is 330 g/mol. The van der Waals surface area contributed by atoms with Crippen LogP contribution in [0.15, 0.2) is 18.2 Å². The van der Waals surface area contributed by atoms with Crippen molar-refractivity contribution in [2.24, 2.45) is 0 Å². The molecule has 0 saturated heterocycles. The van der Waals surface area contributed by atoms with Crippen molar-refractivity contribution >= 4 is 27.5 Å². The average molecular weight is 345 g/mol. The van der Waals surface area contributed by atoms with Crippen molar-refractivity contribution in [2.75, 3.05) is 13.7 Å². The van der Waals surface area contributed by atoms with Gasteiger partial charge >= 0.3 is 0 Å². The number of methoxy groups -OCH3 is 1. The molecule has 0 saturated carbocycles. The zero-order chi connectivity index (χ0) is 13.8. The zero-order valence-electron chi connectivity index (χ0n) is 10.9. The maximum absolute atomic E-state index is 5.99. The van der Waals surface area contributed by atoms with Crippen molar-refractivity contribution in [2.45, 2.75) is 18.8 Å². The smallest absolute Gasteiger partial charge is 0.164 e. The van der Waals surface area contributed by atoms with Gasteiger partial charge < -0.3 is 9.30 Å². The number of alkyl halides is 1. The fourth-order valence-electron chi connectivity index (χ4n) is 1.93. The summed E-state index contributed by atoms with van der Waals surface area (Å²) in [6, 6.07) is 5.77. The zero-order valence-corrected chi connectivity index (χ0v) is 13.2. The number of aromatic nitrogens is 3. The molecule has 0 aliphatic carbocycles. The van der Waals surface area contributed by atoms with Gasteiger partial charge in [-0.2, -0.15) is 0 Å². The van der Waals surface area contributed by atoms with Crippen LogP contribution in [0.5, 0.6) is 0 Å². The van der Waals surface area contributed by atoms with Crippen molar-refractivity contribution in [1.82, 2.24) is 14.8 Å². The van der Waals surface area contributed by atoms with E-state index in [2.05, 4.69) is 30.7 Å². The second-order valence-electron chi connectivity index (χ2n) is 4.18. The van der Waals surface area contributed by atoms with Gasteiger partial charge in [0.2, 0.25) is 0 Å². The number of halogens is 2. The molecule has 1 heterocycles. The molecule has 0 amide bonds. The van der Waals surface area contributed by atoms with E-state index in [1.807, 2.05) is 25.1 Å². The highest BCUT2D eigenvalue weighted by atomic mass is 79.9. The molecule has 0 fully saturated rings. The SMILES string of the molecule is COCCn1c(CBr)nnc1-c1ccc(Cl)cc1C. The lowest BCUT2D eigenvalue weighted by molar-refractivity contribution is 0.187.